The molecule has 2 nitrogen and oxygen atoms in total. The van der Waals surface area contributed by atoms with E-state index in [4.69, 9.17) is 0 Å². The van der Waals surface area contributed by atoms with Crippen LogP contribution in [0, 0.1) is 0 Å². The summed E-state index contributed by atoms with van der Waals surface area (Å²) in [5.41, 5.74) is -1.44. The van der Waals surface area contributed by atoms with Gasteiger partial charge < -0.3 is 5.32 Å². The quantitative estimate of drug-likeness (QED) is 0.844. The first-order valence-electron chi connectivity index (χ1n) is 6.38. The predicted octanol–water partition coefficient (Wildman–Crippen LogP) is 3.21. The van der Waals surface area contributed by atoms with Gasteiger partial charge in [0.1, 0.15) is 6.04 Å². The summed E-state index contributed by atoms with van der Waals surface area (Å²) in [4.78, 5) is 1.16. The highest BCUT2D eigenvalue weighted by Gasteiger charge is 2.45. The number of halogens is 6. The Kier molecular flexibility index (Phi) is 4.48. The van der Waals surface area contributed by atoms with Crippen molar-refractivity contribution in [2.24, 2.45) is 0 Å². The number of rotatable bonds is 2. The molecule has 1 aliphatic rings. The third-order valence-corrected chi connectivity index (χ3v) is 3.36. The van der Waals surface area contributed by atoms with Crippen LogP contribution in [0.15, 0.2) is 24.3 Å². The Morgan fingerprint density at radius 2 is 1.62 bits per heavy atom. The maximum atomic E-state index is 13.3. The molecule has 1 aliphatic heterocycles. The first-order valence-corrected chi connectivity index (χ1v) is 6.38. The van der Waals surface area contributed by atoms with E-state index in [2.05, 4.69) is 5.32 Å². The molecule has 0 radical (unpaired) electrons. The smallest absolute Gasteiger partial charge is 0.314 e. The lowest BCUT2D eigenvalue weighted by Crippen LogP contribution is -2.49. The fourth-order valence-corrected chi connectivity index (χ4v) is 2.43. The molecule has 1 atom stereocenters. The van der Waals surface area contributed by atoms with Crippen molar-refractivity contribution < 1.29 is 26.3 Å². The molecule has 0 saturated carbocycles. The van der Waals surface area contributed by atoms with Gasteiger partial charge >= 0.3 is 12.4 Å². The summed E-state index contributed by atoms with van der Waals surface area (Å²) in [6.45, 7) is 1.04. The van der Waals surface area contributed by atoms with Crippen molar-refractivity contribution in [1.82, 2.24) is 10.2 Å². The van der Waals surface area contributed by atoms with Gasteiger partial charge in [0.25, 0.3) is 0 Å². The van der Waals surface area contributed by atoms with E-state index in [0.717, 1.165) is 23.1 Å². The molecule has 0 aliphatic carbocycles. The van der Waals surface area contributed by atoms with Crippen LogP contribution in [0.5, 0.6) is 0 Å². The van der Waals surface area contributed by atoms with Crippen LogP contribution in [0.1, 0.15) is 17.2 Å². The molecule has 1 saturated heterocycles. The maximum absolute atomic E-state index is 13.3. The molecule has 0 bridgehead atoms. The van der Waals surface area contributed by atoms with Gasteiger partial charge in [-0.15, -0.1) is 0 Å². The van der Waals surface area contributed by atoms with Crippen molar-refractivity contribution in [3.63, 3.8) is 0 Å². The molecule has 1 fully saturated rings. The molecule has 1 heterocycles. The fraction of sp³-hybridized carbons (Fsp3) is 0.538. The number of nitrogens with zero attached hydrogens (tertiary/aromatic N) is 1. The Morgan fingerprint density at radius 1 is 1.00 bits per heavy atom. The zero-order valence-corrected chi connectivity index (χ0v) is 10.9. The van der Waals surface area contributed by atoms with Gasteiger partial charge in [-0.05, 0) is 17.7 Å². The second-order valence-corrected chi connectivity index (χ2v) is 4.85. The summed E-state index contributed by atoms with van der Waals surface area (Å²) < 4.78 is 77.8. The molecule has 1 N–H and O–H groups in total. The van der Waals surface area contributed by atoms with Gasteiger partial charge in [0, 0.05) is 26.2 Å². The summed E-state index contributed by atoms with van der Waals surface area (Å²) >= 11 is 0. The number of hydrogen-bond donors (Lipinski definition) is 1. The van der Waals surface area contributed by atoms with Crippen molar-refractivity contribution in [1.29, 1.82) is 0 Å². The van der Waals surface area contributed by atoms with E-state index < -0.39 is 24.0 Å². The molecule has 8 heteroatoms. The lowest BCUT2D eigenvalue weighted by atomic mass is 10.0. The van der Waals surface area contributed by atoms with Crippen molar-refractivity contribution in [2.75, 3.05) is 26.2 Å². The van der Waals surface area contributed by atoms with E-state index in [-0.39, 0.29) is 18.7 Å². The SMILES string of the molecule is FC(F)(F)c1cccc([C@@H](N2CCNCC2)C(F)(F)F)c1. The molecule has 21 heavy (non-hydrogen) atoms. The van der Waals surface area contributed by atoms with Gasteiger partial charge in [-0.2, -0.15) is 26.3 Å². The van der Waals surface area contributed by atoms with Crippen molar-refractivity contribution >= 4 is 0 Å². The highest BCUT2D eigenvalue weighted by molar-refractivity contribution is 5.29. The zero-order valence-electron chi connectivity index (χ0n) is 10.9. The first kappa shape index (κ1) is 16.1. The summed E-state index contributed by atoms with van der Waals surface area (Å²) in [5.74, 6) is 0. The molecule has 0 amide bonds. The van der Waals surface area contributed by atoms with Gasteiger partial charge in [-0.25, -0.2) is 0 Å². The summed E-state index contributed by atoms with van der Waals surface area (Å²) in [6, 6.07) is 1.45. The zero-order chi connectivity index (χ0) is 15.7. The van der Waals surface area contributed by atoms with Crippen LogP contribution in [-0.4, -0.2) is 37.3 Å². The lowest BCUT2D eigenvalue weighted by molar-refractivity contribution is -0.188. The van der Waals surface area contributed by atoms with Gasteiger partial charge in [-0.3, -0.25) is 4.90 Å². The number of nitrogens with one attached hydrogen (secondary N) is 1. The van der Waals surface area contributed by atoms with E-state index in [1.165, 1.54) is 0 Å². The molecule has 1 aromatic carbocycles. The highest BCUT2D eigenvalue weighted by atomic mass is 19.4. The minimum atomic E-state index is -4.66. The summed E-state index contributed by atoms with van der Waals surface area (Å²) in [6.07, 6.45) is -9.28. The van der Waals surface area contributed by atoms with E-state index in [0.29, 0.717) is 19.2 Å². The Hall–Kier alpha value is -1.28. The molecular formula is C13H14F6N2. The van der Waals surface area contributed by atoms with E-state index in [1.54, 1.807) is 0 Å². The maximum Gasteiger partial charge on any atom is 0.416 e. The van der Waals surface area contributed by atoms with Gasteiger partial charge in [-0.1, -0.05) is 12.1 Å². The Labute approximate surface area is 117 Å². The molecule has 0 spiro atoms. The average Bonchev–Trinajstić information content (AvgIpc) is 2.38. The molecule has 0 unspecified atom stereocenters. The van der Waals surface area contributed by atoms with Crippen molar-refractivity contribution in [2.45, 2.75) is 18.4 Å². The van der Waals surface area contributed by atoms with Gasteiger partial charge in [0.15, 0.2) is 0 Å². The normalized spacial score (nSPS) is 19.5. The average molecular weight is 312 g/mol. The highest BCUT2D eigenvalue weighted by Crippen LogP contribution is 2.39. The minimum Gasteiger partial charge on any atom is -0.314 e. The number of hydrogen-bond acceptors (Lipinski definition) is 2. The number of benzene rings is 1. The Balaban J connectivity index is 2.37. The molecule has 1 aromatic rings. The largest absolute Gasteiger partial charge is 0.416 e. The fourth-order valence-electron chi connectivity index (χ4n) is 2.43. The molecule has 0 aromatic heterocycles. The predicted molar refractivity (Wildman–Crippen MR) is 64.7 cm³/mol. The van der Waals surface area contributed by atoms with Crippen LogP contribution in [0.25, 0.3) is 0 Å². The van der Waals surface area contributed by atoms with Gasteiger partial charge in [0.05, 0.1) is 5.56 Å². The van der Waals surface area contributed by atoms with Crippen LogP contribution in [0.3, 0.4) is 0 Å². The first-order chi connectivity index (χ1) is 9.69. The molecule has 118 valence electrons. The van der Waals surface area contributed by atoms with E-state index in [1.807, 2.05) is 0 Å². The van der Waals surface area contributed by atoms with Crippen molar-refractivity contribution in [3.05, 3.63) is 35.4 Å². The Bertz CT molecular complexity index is 476. The monoisotopic (exact) mass is 312 g/mol. The standard InChI is InChI=1S/C13H14F6N2/c14-12(15,16)10-3-1-2-9(8-10)11(13(17,18)19)21-6-4-20-5-7-21/h1-3,8,11,20H,4-7H2/t11-/m1/s1. The van der Waals surface area contributed by atoms with E-state index >= 15 is 0 Å². The summed E-state index contributed by atoms with van der Waals surface area (Å²) in [5, 5.41) is 2.92. The second-order valence-electron chi connectivity index (χ2n) is 4.85. The number of alkyl halides is 6. The van der Waals surface area contributed by atoms with Crippen LogP contribution < -0.4 is 5.32 Å². The second kappa shape index (κ2) is 5.84. The van der Waals surface area contributed by atoms with Crippen LogP contribution in [0.2, 0.25) is 0 Å². The molecule has 2 rings (SSSR count). The van der Waals surface area contributed by atoms with Crippen LogP contribution >= 0.6 is 0 Å². The van der Waals surface area contributed by atoms with Crippen LogP contribution in [-0.2, 0) is 6.18 Å². The van der Waals surface area contributed by atoms with Crippen molar-refractivity contribution in [3.8, 4) is 0 Å². The topological polar surface area (TPSA) is 15.3 Å². The Morgan fingerprint density at radius 3 is 2.14 bits per heavy atom. The third-order valence-electron chi connectivity index (χ3n) is 3.36. The van der Waals surface area contributed by atoms with E-state index in [9.17, 15) is 26.3 Å². The minimum absolute atomic E-state index is 0.139. The third kappa shape index (κ3) is 3.88. The van der Waals surface area contributed by atoms with Crippen LogP contribution in [0.4, 0.5) is 26.3 Å². The lowest BCUT2D eigenvalue weighted by Gasteiger charge is -2.36. The van der Waals surface area contributed by atoms with Gasteiger partial charge in [0.2, 0.25) is 0 Å². The summed E-state index contributed by atoms with van der Waals surface area (Å²) in [7, 11) is 0. The molecular weight excluding hydrogens is 298 g/mol. The number of piperazine rings is 1.